The maximum Gasteiger partial charge on any atom is 0.255 e. The molecule has 1 N–H and O–H groups in total. The molecule has 0 unspecified atom stereocenters. The molecule has 0 atom stereocenters. The highest BCUT2D eigenvalue weighted by Gasteiger charge is 2.16. The molecule has 0 spiro atoms. The lowest BCUT2D eigenvalue weighted by atomic mass is 10.1. The Labute approximate surface area is 177 Å². The van der Waals surface area contributed by atoms with E-state index in [0.29, 0.717) is 29.3 Å². The van der Waals surface area contributed by atoms with Crippen molar-refractivity contribution in [1.82, 2.24) is 0 Å². The maximum atomic E-state index is 12.6. The van der Waals surface area contributed by atoms with Gasteiger partial charge in [-0.1, -0.05) is 36.4 Å². The zero-order valence-electron chi connectivity index (χ0n) is 17.1. The average Bonchev–Trinajstić information content (AvgIpc) is 2.73. The number of carbonyl (C=O) groups is 1. The van der Waals surface area contributed by atoms with Gasteiger partial charge in [0.05, 0.1) is 11.9 Å². The number of nitrogens with one attached hydrogen (secondary N) is 1. The summed E-state index contributed by atoms with van der Waals surface area (Å²) >= 11 is 0. The molecule has 0 saturated carbocycles. The van der Waals surface area contributed by atoms with E-state index in [4.69, 9.17) is 4.74 Å². The van der Waals surface area contributed by atoms with E-state index in [0.717, 1.165) is 21.7 Å². The van der Waals surface area contributed by atoms with Gasteiger partial charge in [-0.2, -0.15) is 0 Å². The van der Waals surface area contributed by atoms with Crippen molar-refractivity contribution in [2.45, 2.75) is 13.5 Å². The van der Waals surface area contributed by atoms with Gasteiger partial charge in [-0.15, -0.1) is 0 Å². The van der Waals surface area contributed by atoms with Crippen molar-refractivity contribution in [3.63, 3.8) is 0 Å². The van der Waals surface area contributed by atoms with E-state index >= 15 is 0 Å². The lowest BCUT2D eigenvalue weighted by Crippen LogP contribution is -2.26. The number of hydrogen-bond acceptors (Lipinski definition) is 4. The molecule has 6 nitrogen and oxygen atoms in total. The van der Waals surface area contributed by atoms with Gasteiger partial charge < -0.3 is 10.1 Å². The molecule has 3 aromatic carbocycles. The Balaban J connectivity index is 1.67. The summed E-state index contributed by atoms with van der Waals surface area (Å²) in [4.78, 5) is 12.6. The van der Waals surface area contributed by atoms with Gasteiger partial charge in [-0.25, -0.2) is 8.42 Å². The van der Waals surface area contributed by atoms with Crippen LogP contribution in [0.25, 0.3) is 0 Å². The Morgan fingerprint density at radius 2 is 1.67 bits per heavy atom. The normalized spacial score (nSPS) is 11.0. The molecule has 0 bridgehead atoms. The predicted molar refractivity (Wildman–Crippen MR) is 120 cm³/mol. The first-order valence-corrected chi connectivity index (χ1v) is 11.2. The molecule has 3 rings (SSSR count). The fourth-order valence-electron chi connectivity index (χ4n) is 2.85. The highest BCUT2D eigenvalue weighted by atomic mass is 32.2. The molecule has 0 aliphatic carbocycles. The standard InChI is InChI=1S/C23H24N2O4S/c1-17-9-10-19(15-22(17)25(2)30(3,27)28)23(26)24-20-11-13-21(14-12-20)29-16-18-7-5-4-6-8-18/h4-15H,16H2,1-3H3,(H,24,26). The van der Waals surface area contributed by atoms with Crippen LogP contribution in [0.3, 0.4) is 0 Å². The largest absolute Gasteiger partial charge is 0.489 e. The van der Waals surface area contributed by atoms with Crippen LogP contribution < -0.4 is 14.4 Å². The van der Waals surface area contributed by atoms with Crippen molar-refractivity contribution in [1.29, 1.82) is 0 Å². The minimum absolute atomic E-state index is 0.323. The third-order valence-electron chi connectivity index (χ3n) is 4.67. The van der Waals surface area contributed by atoms with Crippen LogP contribution in [0, 0.1) is 6.92 Å². The Morgan fingerprint density at radius 3 is 2.30 bits per heavy atom. The molecule has 0 heterocycles. The van der Waals surface area contributed by atoms with Gasteiger partial charge in [0.25, 0.3) is 5.91 Å². The molecule has 1 amide bonds. The van der Waals surface area contributed by atoms with Gasteiger partial charge in [-0.05, 0) is 54.4 Å². The molecule has 0 aliphatic heterocycles. The molecule has 0 radical (unpaired) electrons. The van der Waals surface area contributed by atoms with E-state index in [1.54, 1.807) is 49.4 Å². The Hall–Kier alpha value is -3.32. The zero-order chi connectivity index (χ0) is 21.7. The lowest BCUT2D eigenvalue weighted by Gasteiger charge is -2.19. The van der Waals surface area contributed by atoms with Crippen LogP contribution in [0.15, 0.2) is 72.8 Å². The van der Waals surface area contributed by atoms with E-state index in [-0.39, 0.29) is 5.91 Å². The van der Waals surface area contributed by atoms with Crippen LogP contribution in [0.4, 0.5) is 11.4 Å². The fourth-order valence-corrected chi connectivity index (χ4v) is 3.40. The predicted octanol–water partition coefficient (Wildman–Crippen LogP) is 4.22. The fraction of sp³-hybridized carbons (Fsp3) is 0.174. The number of aryl methyl sites for hydroxylation is 1. The van der Waals surface area contributed by atoms with Gasteiger partial charge in [0.2, 0.25) is 10.0 Å². The number of anilines is 2. The first-order valence-electron chi connectivity index (χ1n) is 9.37. The van der Waals surface area contributed by atoms with Crippen LogP contribution in [0.2, 0.25) is 0 Å². The first-order chi connectivity index (χ1) is 14.2. The molecule has 0 fully saturated rings. The third-order valence-corrected chi connectivity index (χ3v) is 5.86. The summed E-state index contributed by atoms with van der Waals surface area (Å²) in [6.07, 6.45) is 1.13. The first kappa shape index (κ1) is 21.4. The second kappa shape index (κ2) is 9.00. The Morgan fingerprint density at radius 1 is 1.00 bits per heavy atom. The van der Waals surface area contributed by atoms with Gasteiger partial charge in [0.15, 0.2) is 0 Å². The van der Waals surface area contributed by atoms with Crippen molar-refractivity contribution in [3.05, 3.63) is 89.5 Å². The molecule has 30 heavy (non-hydrogen) atoms. The topological polar surface area (TPSA) is 75.7 Å². The molecule has 7 heteroatoms. The summed E-state index contributed by atoms with van der Waals surface area (Å²) in [5.41, 5.74) is 3.29. The summed E-state index contributed by atoms with van der Waals surface area (Å²) in [6.45, 7) is 2.26. The van der Waals surface area contributed by atoms with Gasteiger partial charge in [0.1, 0.15) is 12.4 Å². The number of amides is 1. The van der Waals surface area contributed by atoms with E-state index in [1.807, 2.05) is 30.3 Å². The van der Waals surface area contributed by atoms with Crippen LogP contribution in [0.5, 0.6) is 5.75 Å². The highest BCUT2D eigenvalue weighted by molar-refractivity contribution is 7.92. The van der Waals surface area contributed by atoms with Gasteiger partial charge in [0, 0.05) is 18.3 Å². The summed E-state index contributed by atoms with van der Waals surface area (Å²) in [5, 5.41) is 2.82. The molecular weight excluding hydrogens is 400 g/mol. The molecule has 0 aliphatic rings. The van der Waals surface area contributed by atoms with Crippen molar-refractivity contribution >= 4 is 27.3 Å². The number of rotatable bonds is 7. The highest BCUT2D eigenvalue weighted by Crippen LogP contribution is 2.24. The SMILES string of the molecule is Cc1ccc(C(=O)Nc2ccc(OCc3ccccc3)cc2)cc1N(C)S(C)(=O)=O. The van der Waals surface area contributed by atoms with Gasteiger partial charge in [-0.3, -0.25) is 9.10 Å². The molecule has 156 valence electrons. The number of benzene rings is 3. The smallest absolute Gasteiger partial charge is 0.255 e. The van der Waals surface area contributed by atoms with Crippen molar-refractivity contribution in [2.75, 3.05) is 22.9 Å². The summed E-state index contributed by atoms with van der Waals surface area (Å²) < 4.78 is 30.6. The maximum absolute atomic E-state index is 12.6. The van der Waals surface area contributed by atoms with Crippen molar-refractivity contribution in [2.24, 2.45) is 0 Å². The molecule has 0 aromatic heterocycles. The third kappa shape index (κ3) is 5.39. The number of hydrogen-bond donors (Lipinski definition) is 1. The van der Waals surface area contributed by atoms with Gasteiger partial charge >= 0.3 is 0 Å². The number of ether oxygens (including phenoxy) is 1. The van der Waals surface area contributed by atoms with Crippen LogP contribution >= 0.6 is 0 Å². The van der Waals surface area contributed by atoms with E-state index in [9.17, 15) is 13.2 Å². The molecule has 3 aromatic rings. The zero-order valence-corrected chi connectivity index (χ0v) is 17.9. The number of sulfonamides is 1. The summed E-state index contributed by atoms with van der Waals surface area (Å²) in [6, 6.07) is 21.9. The quantitative estimate of drug-likeness (QED) is 0.616. The van der Waals surface area contributed by atoms with E-state index in [2.05, 4.69) is 5.32 Å². The second-order valence-corrected chi connectivity index (χ2v) is 9.00. The number of carbonyl (C=O) groups excluding carboxylic acids is 1. The van der Waals surface area contributed by atoms with E-state index in [1.165, 1.54) is 7.05 Å². The summed E-state index contributed by atoms with van der Waals surface area (Å²) in [5.74, 6) is 0.375. The minimum atomic E-state index is -3.42. The van der Waals surface area contributed by atoms with E-state index < -0.39 is 10.0 Å². The Bertz CT molecular complexity index is 1130. The van der Waals surface area contributed by atoms with Crippen molar-refractivity contribution < 1.29 is 17.9 Å². The van der Waals surface area contributed by atoms with Crippen LogP contribution in [-0.2, 0) is 16.6 Å². The average molecular weight is 425 g/mol. The lowest BCUT2D eigenvalue weighted by molar-refractivity contribution is 0.102. The van der Waals surface area contributed by atoms with Crippen LogP contribution in [-0.4, -0.2) is 27.6 Å². The Kier molecular flexibility index (Phi) is 6.42. The minimum Gasteiger partial charge on any atom is -0.489 e. The number of nitrogens with zero attached hydrogens (tertiary/aromatic N) is 1. The molecular formula is C23H24N2O4S. The monoisotopic (exact) mass is 424 g/mol. The second-order valence-electron chi connectivity index (χ2n) is 6.98. The van der Waals surface area contributed by atoms with Crippen molar-refractivity contribution in [3.8, 4) is 5.75 Å². The molecule has 0 saturated heterocycles. The van der Waals surface area contributed by atoms with Crippen LogP contribution in [0.1, 0.15) is 21.5 Å². The summed E-state index contributed by atoms with van der Waals surface area (Å²) in [7, 11) is -1.96.